The third kappa shape index (κ3) is 4.64. The number of rotatable bonds is 6. The molecule has 0 bridgehead atoms. The van der Waals surface area contributed by atoms with E-state index in [1.54, 1.807) is 24.5 Å². The monoisotopic (exact) mass is 449 g/mol. The smallest absolute Gasteiger partial charge is 0.268 e. The number of benzene rings is 1. The van der Waals surface area contributed by atoms with E-state index in [1.165, 1.54) is 12.1 Å². The van der Waals surface area contributed by atoms with Crippen LogP contribution >= 0.6 is 0 Å². The fraction of sp³-hybridized carbons (Fsp3) is 0.385. The van der Waals surface area contributed by atoms with Crippen molar-refractivity contribution in [1.29, 1.82) is 0 Å². The molecule has 1 saturated heterocycles. The Morgan fingerprint density at radius 3 is 2.21 bits per heavy atom. The van der Waals surface area contributed by atoms with E-state index in [0.29, 0.717) is 11.6 Å². The zero-order valence-corrected chi connectivity index (χ0v) is 19.7. The van der Waals surface area contributed by atoms with Gasteiger partial charge in [-0.25, -0.2) is 4.39 Å². The van der Waals surface area contributed by atoms with Crippen molar-refractivity contribution in [2.45, 2.75) is 26.8 Å². The zero-order valence-electron chi connectivity index (χ0n) is 19.7. The number of carbonyl (C=O) groups excluding carboxylic acids is 1. The summed E-state index contributed by atoms with van der Waals surface area (Å²) in [5, 5.41) is 6.58. The number of piperazine rings is 1. The second-order valence-electron chi connectivity index (χ2n) is 8.97. The van der Waals surface area contributed by atoms with Crippen molar-refractivity contribution in [2.24, 2.45) is 13.0 Å². The van der Waals surface area contributed by atoms with Crippen molar-refractivity contribution in [3.63, 3.8) is 0 Å². The standard InChI is InChI=1S/C26H32FN5O/c1-17(2)18(3)30-25(33)24-22(19-5-7-21(27)8-6-19)23(20-9-11-28-12-10-20)26(31(24)4)32-15-13-29-14-16-32/h5-12,17-18,29H,13-16H2,1-4H3,(H,30,33). The summed E-state index contributed by atoms with van der Waals surface area (Å²) in [5.41, 5.74) is 4.14. The molecule has 3 aromatic rings. The van der Waals surface area contributed by atoms with E-state index >= 15 is 0 Å². The number of carbonyl (C=O) groups is 1. The van der Waals surface area contributed by atoms with Gasteiger partial charge >= 0.3 is 0 Å². The highest BCUT2D eigenvalue weighted by atomic mass is 19.1. The van der Waals surface area contributed by atoms with E-state index in [9.17, 15) is 9.18 Å². The first kappa shape index (κ1) is 23.0. The van der Waals surface area contributed by atoms with E-state index in [4.69, 9.17) is 0 Å². The van der Waals surface area contributed by atoms with Gasteiger partial charge in [-0.1, -0.05) is 26.0 Å². The van der Waals surface area contributed by atoms with Crippen molar-refractivity contribution in [2.75, 3.05) is 31.1 Å². The molecule has 2 aromatic heterocycles. The van der Waals surface area contributed by atoms with Gasteiger partial charge in [0, 0.05) is 62.8 Å². The van der Waals surface area contributed by atoms with Crippen molar-refractivity contribution in [1.82, 2.24) is 20.2 Å². The Labute approximate surface area is 194 Å². The molecule has 6 nitrogen and oxygen atoms in total. The Hall–Kier alpha value is -3.19. The zero-order chi connectivity index (χ0) is 23.5. The highest BCUT2D eigenvalue weighted by Crippen LogP contribution is 2.44. The molecule has 1 amide bonds. The quantitative estimate of drug-likeness (QED) is 0.595. The molecule has 0 saturated carbocycles. The van der Waals surface area contributed by atoms with Crippen LogP contribution in [-0.4, -0.2) is 47.7 Å². The van der Waals surface area contributed by atoms with Crippen LogP contribution in [0, 0.1) is 11.7 Å². The Morgan fingerprint density at radius 2 is 1.61 bits per heavy atom. The van der Waals surface area contributed by atoms with E-state index in [0.717, 1.165) is 54.3 Å². The van der Waals surface area contributed by atoms with Crippen molar-refractivity contribution >= 4 is 11.7 Å². The maximum Gasteiger partial charge on any atom is 0.268 e. The van der Waals surface area contributed by atoms with Gasteiger partial charge < -0.3 is 20.1 Å². The number of hydrogen-bond acceptors (Lipinski definition) is 4. The molecule has 0 spiro atoms. The topological polar surface area (TPSA) is 62.2 Å². The summed E-state index contributed by atoms with van der Waals surface area (Å²) in [5.74, 6) is 0.858. The molecule has 33 heavy (non-hydrogen) atoms. The molecule has 0 aliphatic carbocycles. The molecular weight excluding hydrogens is 417 g/mol. The van der Waals surface area contributed by atoms with Gasteiger partial charge in [-0.2, -0.15) is 0 Å². The molecule has 1 atom stereocenters. The van der Waals surface area contributed by atoms with Gasteiger partial charge in [0.1, 0.15) is 17.3 Å². The highest BCUT2D eigenvalue weighted by molar-refractivity contribution is 6.07. The largest absolute Gasteiger partial charge is 0.355 e. The van der Waals surface area contributed by atoms with Crippen LogP contribution < -0.4 is 15.5 Å². The predicted octanol–water partition coefficient (Wildman–Crippen LogP) is 4.08. The molecular formula is C26H32FN5O. The minimum atomic E-state index is -0.304. The first-order valence-corrected chi connectivity index (χ1v) is 11.5. The number of aromatic nitrogens is 2. The van der Waals surface area contributed by atoms with Crippen LogP contribution in [0.5, 0.6) is 0 Å². The summed E-state index contributed by atoms with van der Waals surface area (Å²) in [4.78, 5) is 20.2. The number of hydrogen-bond donors (Lipinski definition) is 2. The Balaban J connectivity index is 1.99. The summed E-state index contributed by atoms with van der Waals surface area (Å²) < 4.78 is 15.8. The van der Waals surface area contributed by atoms with Crippen LogP contribution in [0.3, 0.4) is 0 Å². The molecule has 0 radical (unpaired) electrons. The maximum absolute atomic E-state index is 13.8. The van der Waals surface area contributed by atoms with Crippen molar-refractivity contribution in [3.8, 4) is 22.3 Å². The normalized spacial score (nSPS) is 15.0. The molecule has 7 heteroatoms. The van der Waals surface area contributed by atoms with Gasteiger partial charge in [-0.15, -0.1) is 0 Å². The number of nitrogens with zero attached hydrogens (tertiary/aromatic N) is 3. The Kier molecular flexibility index (Phi) is 6.79. The lowest BCUT2D eigenvalue weighted by molar-refractivity contribution is 0.0923. The number of nitrogens with one attached hydrogen (secondary N) is 2. The minimum Gasteiger partial charge on any atom is -0.355 e. The van der Waals surface area contributed by atoms with Gasteiger partial charge in [0.25, 0.3) is 5.91 Å². The second-order valence-corrected chi connectivity index (χ2v) is 8.97. The number of anilines is 1. The lowest BCUT2D eigenvalue weighted by Crippen LogP contribution is -2.44. The van der Waals surface area contributed by atoms with Crippen LogP contribution in [0.2, 0.25) is 0 Å². The molecule has 3 heterocycles. The summed E-state index contributed by atoms with van der Waals surface area (Å²) in [6, 6.07) is 10.3. The van der Waals surface area contributed by atoms with E-state index in [1.807, 2.05) is 30.7 Å². The van der Waals surface area contributed by atoms with Gasteiger partial charge in [0.05, 0.1) is 0 Å². The lowest BCUT2D eigenvalue weighted by atomic mass is 9.95. The highest BCUT2D eigenvalue weighted by Gasteiger charge is 2.31. The molecule has 174 valence electrons. The van der Waals surface area contributed by atoms with Gasteiger partial charge in [0.15, 0.2) is 0 Å². The maximum atomic E-state index is 13.8. The average molecular weight is 450 g/mol. The average Bonchev–Trinajstić information content (AvgIpc) is 3.13. The third-order valence-electron chi connectivity index (χ3n) is 6.46. The molecule has 1 unspecified atom stereocenters. The molecule has 1 aliphatic heterocycles. The van der Waals surface area contributed by atoms with E-state index in [-0.39, 0.29) is 17.8 Å². The number of amides is 1. The molecule has 2 N–H and O–H groups in total. The van der Waals surface area contributed by atoms with E-state index in [2.05, 4.69) is 34.4 Å². The number of halogens is 1. The van der Waals surface area contributed by atoms with Crippen LogP contribution in [0.15, 0.2) is 48.8 Å². The lowest BCUT2D eigenvalue weighted by Gasteiger charge is -2.31. The van der Waals surface area contributed by atoms with Crippen LogP contribution in [0.25, 0.3) is 22.3 Å². The summed E-state index contributed by atoms with van der Waals surface area (Å²) in [6.45, 7) is 9.61. The molecule has 4 rings (SSSR count). The summed E-state index contributed by atoms with van der Waals surface area (Å²) in [7, 11) is 1.95. The number of pyridine rings is 1. The first-order chi connectivity index (χ1) is 15.9. The minimum absolute atomic E-state index is 0.0143. The van der Waals surface area contributed by atoms with Crippen LogP contribution in [0.1, 0.15) is 31.3 Å². The Morgan fingerprint density at radius 1 is 1.00 bits per heavy atom. The SMILES string of the molecule is CC(C)C(C)NC(=O)c1c(-c2ccc(F)cc2)c(-c2ccncc2)c(N2CCNCC2)n1C. The van der Waals surface area contributed by atoms with Crippen LogP contribution in [0.4, 0.5) is 10.2 Å². The summed E-state index contributed by atoms with van der Waals surface area (Å²) in [6.07, 6.45) is 3.53. The molecule has 1 fully saturated rings. The fourth-order valence-electron chi connectivity index (χ4n) is 4.32. The third-order valence-corrected chi connectivity index (χ3v) is 6.46. The van der Waals surface area contributed by atoms with Gasteiger partial charge in [-0.05, 0) is 48.2 Å². The molecule has 1 aromatic carbocycles. The first-order valence-electron chi connectivity index (χ1n) is 11.5. The summed E-state index contributed by atoms with van der Waals surface area (Å²) >= 11 is 0. The van der Waals surface area contributed by atoms with Gasteiger partial charge in [0.2, 0.25) is 0 Å². The van der Waals surface area contributed by atoms with E-state index < -0.39 is 0 Å². The molecule has 1 aliphatic rings. The van der Waals surface area contributed by atoms with Crippen LogP contribution in [-0.2, 0) is 7.05 Å². The van der Waals surface area contributed by atoms with Gasteiger partial charge in [-0.3, -0.25) is 9.78 Å². The fourth-order valence-corrected chi connectivity index (χ4v) is 4.32. The van der Waals surface area contributed by atoms with Crippen molar-refractivity contribution in [3.05, 3.63) is 60.3 Å². The predicted molar refractivity (Wildman–Crippen MR) is 131 cm³/mol. The second kappa shape index (κ2) is 9.75. The van der Waals surface area contributed by atoms with Crippen molar-refractivity contribution < 1.29 is 9.18 Å². The Bertz CT molecular complexity index is 1100.